The number of nitrogens with zero attached hydrogens (tertiary/aromatic N) is 1. The van der Waals surface area contributed by atoms with E-state index < -0.39 is 11.9 Å². The molecule has 1 N–H and O–H groups in total. The summed E-state index contributed by atoms with van der Waals surface area (Å²) in [6.07, 6.45) is 0.0740. The summed E-state index contributed by atoms with van der Waals surface area (Å²) in [6, 6.07) is 24.5. The molecule has 0 fully saturated rings. The van der Waals surface area contributed by atoms with Gasteiger partial charge in [0.1, 0.15) is 0 Å². The van der Waals surface area contributed by atoms with Crippen LogP contribution in [0.3, 0.4) is 0 Å². The average Bonchev–Trinajstić information content (AvgIpc) is 2.75. The topological polar surface area (TPSA) is 24.5 Å². The van der Waals surface area contributed by atoms with Gasteiger partial charge in [-0.2, -0.15) is 0 Å². The monoisotopic (exact) mass is 572 g/mol. The molecule has 0 unspecified atom stereocenters. The van der Waals surface area contributed by atoms with Crippen molar-refractivity contribution in [3.63, 3.8) is 0 Å². The number of para-hydroxylation sites is 3. The van der Waals surface area contributed by atoms with E-state index in [9.17, 15) is 0 Å². The molecule has 6 heteroatoms. The van der Waals surface area contributed by atoms with Gasteiger partial charge in [-0.1, -0.05) is 0 Å². The Morgan fingerprint density at radius 1 is 0.909 bits per heavy atom. The molecule has 0 aliphatic carbocycles. The standard InChI is InChI=1S/C17H20N2.C10H12O.2ClH.Ru/c1-14-8-4-6-10-16(14)18-12-13-19(3)17-11-7-5-9-15(17)2;1-8(2)11-10-7-5-4-6-9(10)3;;;/h3-11,18H,12-13H2,1-2H3;3-8H,1-2H3;2*1H;/q;;;;+2/p-2. The molecule has 0 heterocycles. The SMILES string of the molecule is Cc1ccccc1NCCN([CH]=[Ru]([Cl])([Cl])=[CH]c1ccccc1OC(C)C)c1ccccc1C. The Morgan fingerprint density at radius 3 is 2.24 bits per heavy atom. The Bertz CT molecular complexity index is 1190. The molecule has 0 saturated heterocycles. The molecular formula is C27H32Cl2N2ORu. The van der Waals surface area contributed by atoms with Gasteiger partial charge in [0.25, 0.3) is 0 Å². The Balaban J connectivity index is 1.94. The van der Waals surface area contributed by atoms with Crippen molar-refractivity contribution in [2.24, 2.45) is 0 Å². The molecule has 0 radical (unpaired) electrons. The van der Waals surface area contributed by atoms with Crippen molar-refractivity contribution in [3.05, 3.63) is 89.5 Å². The molecule has 3 aromatic rings. The Labute approximate surface area is 208 Å². The summed E-state index contributed by atoms with van der Waals surface area (Å²) in [5.41, 5.74) is 5.57. The van der Waals surface area contributed by atoms with Gasteiger partial charge in [0.15, 0.2) is 0 Å². The van der Waals surface area contributed by atoms with Crippen LogP contribution in [-0.2, 0) is 11.9 Å². The van der Waals surface area contributed by atoms with Gasteiger partial charge < -0.3 is 0 Å². The Hall–Kier alpha value is -2.00. The van der Waals surface area contributed by atoms with Crippen molar-refractivity contribution in [2.75, 3.05) is 23.3 Å². The number of benzene rings is 3. The number of hydrogen-bond donors (Lipinski definition) is 1. The molecule has 0 spiro atoms. The quantitative estimate of drug-likeness (QED) is 0.278. The molecule has 0 aliphatic heterocycles. The normalized spacial score (nSPS) is 11.7. The number of hydrogen-bond acceptors (Lipinski definition) is 3. The third-order valence-corrected chi connectivity index (χ3v) is 9.08. The van der Waals surface area contributed by atoms with Crippen LogP contribution in [0.2, 0.25) is 0 Å². The zero-order valence-corrected chi connectivity index (χ0v) is 22.8. The van der Waals surface area contributed by atoms with E-state index in [1.54, 1.807) is 0 Å². The van der Waals surface area contributed by atoms with Crippen LogP contribution in [0.4, 0.5) is 11.4 Å². The van der Waals surface area contributed by atoms with E-state index in [0.29, 0.717) is 0 Å². The van der Waals surface area contributed by atoms with E-state index in [1.165, 1.54) is 11.1 Å². The van der Waals surface area contributed by atoms with Crippen LogP contribution < -0.4 is 15.0 Å². The molecule has 3 rings (SSSR count). The molecule has 3 nitrogen and oxygen atoms in total. The summed E-state index contributed by atoms with van der Waals surface area (Å²) in [4.78, 5) is 2.19. The minimum absolute atomic E-state index is 0.0740. The third kappa shape index (κ3) is 7.78. The zero-order chi connectivity index (χ0) is 23.8. The van der Waals surface area contributed by atoms with Gasteiger partial charge in [-0.25, -0.2) is 0 Å². The number of aryl methyl sites for hydroxylation is 2. The summed E-state index contributed by atoms with van der Waals surface area (Å²) < 4.78 is 10.00. The predicted octanol–water partition coefficient (Wildman–Crippen LogP) is 7.08. The van der Waals surface area contributed by atoms with Crippen molar-refractivity contribution in [1.82, 2.24) is 0 Å². The number of halogens is 2. The number of ether oxygens (including phenoxy) is 1. The average molecular weight is 573 g/mol. The van der Waals surface area contributed by atoms with E-state index >= 15 is 0 Å². The zero-order valence-electron chi connectivity index (χ0n) is 19.5. The van der Waals surface area contributed by atoms with Gasteiger partial charge in [-0.3, -0.25) is 0 Å². The minimum atomic E-state index is -3.30. The summed E-state index contributed by atoms with van der Waals surface area (Å²) in [5, 5.41) is 3.54. The van der Waals surface area contributed by atoms with Gasteiger partial charge in [0.05, 0.1) is 0 Å². The molecule has 178 valence electrons. The fourth-order valence-electron chi connectivity index (χ4n) is 3.43. The fourth-order valence-corrected chi connectivity index (χ4v) is 7.85. The van der Waals surface area contributed by atoms with E-state index in [1.807, 2.05) is 71.7 Å². The van der Waals surface area contributed by atoms with Crippen LogP contribution >= 0.6 is 19.4 Å². The van der Waals surface area contributed by atoms with Gasteiger partial charge in [-0.15, -0.1) is 0 Å². The number of rotatable bonds is 9. The van der Waals surface area contributed by atoms with Crippen LogP contribution in [0.15, 0.2) is 72.8 Å². The Kier molecular flexibility index (Phi) is 9.26. The second kappa shape index (κ2) is 11.9. The first-order valence-corrected chi connectivity index (χ1v) is 17.4. The van der Waals surface area contributed by atoms with Crippen LogP contribution in [-0.4, -0.2) is 28.5 Å². The van der Waals surface area contributed by atoms with Crippen LogP contribution in [0.1, 0.15) is 30.5 Å². The van der Waals surface area contributed by atoms with Crippen molar-refractivity contribution >= 4 is 40.1 Å². The maximum atomic E-state index is 7.00. The second-order valence-electron chi connectivity index (χ2n) is 8.10. The van der Waals surface area contributed by atoms with Crippen molar-refractivity contribution < 1.29 is 16.6 Å². The predicted molar refractivity (Wildman–Crippen MR) is 143 cm³/mol. The third-order valence-electron chi connectivity index (χ3n) is 5.00. The fraction of sp³-hybridized carbons (Fsp3) is 0.259. The first-order valence-electron chi connectivity index (χ1n) is 10.9. The molecule has 0 amide bonds. The molecule has 33 heavy (non-hydrogen) atoms. The van der Waals surface area contributed by atoms with E-state index in [2.05, 4.69) is 48.3 Å². The van der Waals surface area contributed by atoms with Crippen molar-refractivity contribution in [2.45, 2.75) is 33.8 Å². The van der Waals surface area contributed by atoms with Crippen LogP contribution in [0.5, 0.6) is 5.75 Å². The number of nitrogens with one attached hydrogen (secondary N) is 1. The first kappa shape index (κ1) is 25.6. The molecular weight excluding hydrogens is 540 g/mol. The van der Waals surface area contributed by atoms with E-state index in [-0.39, 0.29) is 6.10 Å². The summed E-state index contributed by atoms with van der Waals surface area (Å²) in [5.74, 6) is 0.802. The molecule has 0 aliphatic rings. The molecule has 0 aromatic heterocycles. The van der Waals surface area contributed by atoms with Gasteiger partial charge in [-0.05, 0) is 0 Å². The van der Waals surface area contributed by atoms with Crippen LogP contribution in [0.25, 0.3) is 0 Å². The van der Waals surface area contributed by atoms with Gasteiger partial charge >= 0.3 is 209 Å². The van der Waals surface area contributed by atoms with Gasteiger partial charge in [0.2, 0.25) is 0 Å². The van der Waals surface area contributed by atoms with Crippen LogP contribution in [0, 0.1) is 13.8 Å². The Morgan fingerprint density at radius 2 is 1.55 bits per heavy atom. The summed E-state index contributed by atoms with van der Waals surface area (Å²) in [6.45, 7) is 9.73. The summed E-state index contributed by atoms with van der Waals surface area (Å²) >= 11 is -3.30. The van der Waals surface area contributed by atoms with Crippen molar-refractivity contribution in [3.8, 4) is 5.75 Å². The second-order valence-corrected chi connectivity index (χ2v) is 17.4. The summed E-state index contributed by atoms with van der Waals surface area (Å²) in [7, 11) is 14.0. The maximum absolute atomic E-state index is 7.00. The molecule has 0 saturated carbocycles. The van der Waals surface area contributed by atoms with Gasteiger partial charge in [0, 0.05) is 0 Å². The molecule has 3 aromatic carbocycles. The van der Waals surface area contributed by atoms with Crippen molar-refractivity contribution in [1.29, 1.82) is 0 Å². The number of anilines is 2. The van der Waals surface area contributed by atoms with E-state index in [0.717, 1.165) is 35.8 Å². The molecule has 0 bridgehead atoms. The first-order chi connectivity index (χ1) is 15.7. The van der Waals surface area contributed by atoms with E-state index in [4.69, 9.17) is 24.1 Å². The molecule has 0 atom stereocenters.